The minimum Gasteiger partial charge on any atom is -0.481 e. The van der Waals surface area contributed by atoms with Crippen LogP contribution in [0.2, 0.25) is 0 Å². The Morgan fingerprint density at radius 1 is 1.35 bits per heavy atom. The molecule has 17 heavy (non-hydrogen) atoms. The molecule has 0 spiro atoms. The van der Waals surface area contributed by atoms with Crippen LogP contribution >= 0.6 is 0 Å². The monoisotopic (exact) mass is 235 g/mol. The van der Waals surface area contributed by atoms with Crippen LogP contribution in [-0.2, 0) is 0 Å². The van der Waals surface area contributed by atoms with E-state index in [1.165, 1.54) is 38.9 Å². The number of likely N-dealkylation sites (tertiary alicyclic amines) is 1. The summed E-state index contributed by atoms with van der Waals surface area (Å²) in [5.74, 6) is 0.660. The number of ether oxygens (including phenoxy) is 1. The Hall–Kier alpha value is -1.29. The van der Waals surface area contributed by atoms with Gasteiger partial charge in [-0.3, -0.25) is 0 Å². The van der Waals surface area contributed by atoms with E-state index in [0.717, 1.165) is 12.2 Å². The smallest absolute Gasteiger partial charge is 0.213 e. The van der Waals surface area contributed by atoms with Crippen LogP contribution < -0.4 is 10.1 Å². The molecular formula is C13H21N3O. The number of nitrogens with one attached hydrogen (secondary N) is 1. The van der Waals surface area contributed by atoms with Crippen molar-refractivity contribution in [2.75, 3.05) is 38.6 Å². The lowest BCUT2D eigenvalue weighted by molar-refractivity contribution is 0.337. The van der Waals surface area contributed by atoms with E-state index >= 15 is 0 Å². The van der Waals surface area contributed by atoms with Crippen molar-refractivity contribution in [3.63, 3.8) is 0 Å². The zero-order chi connectivity index (χ0) is 11.9. The van der Waals surface area contributed by atoms with Crippen molar-refractivity contribution >= 4 is 5.69 Å². The highest BCUT2D eigenvalue weighted by molar-refractivity contribution is 5.41. The van der Waals surface area contributed by atoms with E-state index in [-0.39, 0.29) is 0 Å². The van der Waals surface area contributed by atoms with Crippen LogP contribution in [0.5, 0.6) is 5.88 Å². The van der Waals surface area contributed by atoms with E-state index in [1.54, 1.807) is 7.11 Å². The number of pyridine rings is 1. The van der Waals surface area contributed by atoms with Gasteiger partial charge in [-0.05, 0) is 45.0 Å². The fourth-order valence-electron chi connectivity index (χ4n) is 2.15. The van der Waals surface area contributed by atoms with Crippen LogP contribution in [0.4, 0.5) is 5.69 Å². The highest BCUT2D eigenvalue weighted by atomic mass is 16.5. The van der Waals surface area contributed by atoms with Gasteiger partial charge in [0.05, 0.1) is 19.0 Å². The highest BCUT2D eigenvalue weighted by Crippen LogP contribution is 2.11. The second kappa shape index (κ2) is 6.45. The van der Waals surface area contributed by atoms with Crippen molar-refractivity contribution in [1.82, 2.24) is 9.88 Å². The standard InChI is InChI=1S/C13H21N3O/c1-17-13-6-5-12(11-15-13)14-7-4-10-16-8-2-3-9-16/h5-6,11,14H,2-4,7-10H2,1H3. The largest absolute Gasteiger partial charge is 0.481 e. The van der Waals surface area contributed by atoms with Gasteiger partial charge < -0.3 is 15.0 Å². The summed E-state index contributed by atoms with van der Waals surface area (Å²) in [4.78, 5) is 6.69. The molecule has 2 heterocycles. The van der Waals surface area contributed by atoms with Gasteiger partial charge in [-0.1, -0.05) is 0 Å². The molecule has 0 aromatic carbocycles. The summed E-state index contributed by atoms with van der Waals surface area (Å²) in [6.07, 6.45) is 5.74. The fourth-order valence-corrected chi connectivity index (χ4v) is 2.15. The molecule has 1 aliphatic heterocycles. The van der Waals surface area contributed by atoms with Crippen LogP contribution in [0.1, 0.15) is 19.3 Å². The molecule has 1 saturated heterocycles. The van der Waals surface area contributed by atoms with Crippen molar-refractivity contribution in [3.05, 3.63) is 18.3 Å². The molecule has 0 aliphatic carbocycles. The normalized spacial score (nSPS) is 16.1. The Morgan fingerprint density at radius 2 is 2.18 bits per heavy atom. The van der Waals surface area contributed by atoms with Crippen molar-refractivity contribution < 1.29 is 4.74 Å². The molecule has 0 bridgehead atoms. The average Bonchev–Trinajstić information content (AvgIpc) is 2.88. The van der Waals surface area contributed by atoms with Gasteiger partial charge >= 0.3 is 0 Å². The molecule has 0 unspecified atom stereocenters. The first-order chi connectivity index (χ1) is 8.38. The number of aromatic nitrogens is 1. The minimum atomic E-state index is 0.660. The maximum Gasteiger partial charge on any atom is 0.213 e. The van der Waals surface area contributed by atoms with Crippen LogP contribution in [0, 0.1) is 0 Å². The van der Waals surface area contributed by atoms with Gasteiger partial charge in [0.15, 0.2) is 0 Å². The molecule has 1 aromatic heterocycles. The quantitative estimate of drug-likeness (QED) is 0.765. The third kappa shape index (κ3) is 3.89. The Morgan fingerprint density at radius 3 is 2.82 bits per heavy atom. The lowest BCUT2D eigenvalue weighted by Gasteiger charge is -2.14. The molecule has 0 radical (unpaired) electrons. The first-order valence-electron chi connectivity index (χ1n) is 6.35. The van der Waals surface area contributed by atoms with Crippen molar-refractivity contribution in [2.45, 2.75) is 19.3 Å². The first kappa shape index (κ1) is 12.2. The van der Waals surface area contributed by atoms with Gasteiger partial charge in [-0.15, -0.1) is 0 Å². The lowest BCUT2D eigenvalue weighted by atomic mass is 10.3. The molecule has 0 amide bonds. The topological polar surface area (TPSA) is 37.4 Å². The van der Waals surface area contributed by atoms with Gasteiger partial charge in [0, 0.05) is 12.6 Å². The van der Waals surface area contributed by atoms with E-state index < -0.39 is 0 Å². The number of hydrogen-bond donors (Lipinski definition) is 1. The zero-order valence-corrected chi connectivity index (χ0v) is 10.5. The third-order valence-electron chi connectivity index (χ3n) is 3.12. The second-order valence-corrected chi connectivity index (χ2v) is 4.42. The minimum absolute atomic E-state index is 0.660. The number of methoxy groups -OCH3 is 1. The van der Waals surface area contributed by atoms with E-state index in [4.69, 9.17) is 4.74 Å². The number of anilines is 1. The molecule has 2 rings (SSSR count). The van der Waals surface area contributed by atoms with E-state index in [0.29, 0.717) is 5.88 Å². The zero-order valence-electron chi connectivity index (χ0n) is 10.5. The third-order valence-corrected chi connectivity index (χ3v) is 3.12. The molecule has 4 heteroatoms. The summed E-state index contributed by atoms with van der Waals surface area (Å²) in [6, 6.07) is 3.88. The summed E-state index contributed by atoms with van der Waals surface area (Å²) < 4.78 is 5.02. The Balaban J connectivity index is 1.63. The van der Waals surface area contributed by atoms with Gasteiger partial charge in [0.2, 0.25) is 5.88 Å². The highest BCUT2D eigenvalue weighted by Gasteiger charge is 2.09. The van der Waals surface area contributed by atoms with Crippen molar-refractivity contribution in [3.8, 4) is 5.88 Å². The molecule has 1 aliphatic rings. The fraction of sp³-hybridized carbons (Fsp3) is 0.615. The average molecular weight is 235 g/mol. The summed E-state index contributed by atoms with van der Waals surface area (Å²) >= 11 is 0. The molecule has 1 aromatic rings. The van der Waals surface area contributed by atoms with Crippen LogP contribution in [0.15, 0.2) is 18.3 Å². The van der Waals surface area contributed by atoms with Crippen LogP contribution in [0.25, 0.3) is 0 Å². The molecule has 0 saturated carbocycles. The van der Waals surface area contributed by atoms with Crippen LogP contribution in [0.3, 0.4) is 0 Å². The summed E-state index contributed by atoms with van der Waals surface area (Å²) in [6.45, 7) is 4.77. The second-order valence-electron chi connectivity index (χ2n) is 4.42. The maximum absolute atomic E-state index is 5.02. The van der Waals surface area contributed by atoms with E-state index in [9.17, 15) is 0 Å². The van der Waals surface area contributed by atoms with E-state index in [1.807, 2.05) is 18.3 Å². The predicted molar refractivity (Wildman–Crippen MR) is 69.6 cm³/mol. The van der Waals surface area contributed by atoms with Crippen molar-refractivity contribution in [2.24, 2.45) is 0 Å². The lowest BCUT2D eigenvalue weighted by Crippen LogP contribution is -2.22. The first-order valence-corrected chi connectivity index (χ1v) is 6.35. The predicted octanol–water partition coefficient (Wildman–Crippen LogP) is 1.99. The summed E-state index contributed by atoms with van der Waals surface area (Å²) in [7, 11) is 1.63. The molecule has 0 atom stereocenters. The van der Waals surface area contributed by atoms with Gasteiger partial charge in [-0.25, -0.2) is 4.98 Å². The van der Waals surface area contributed by atoms with Gasteiger partial charge in [0.1, 0.15) is 0 Å². The van der Waals surface area contributed by atoms with Crippen LogP contribution in [-0.4, -0.2) is 43.2 Å². The van der Waals surface area contributed by atoms with E-state index in [2.05, 4.69) is 15.2 Å². The Bertz CT molecular complexity index is 320. The van der Waals surface area contributed by atoms with Gasteiger partial charge in [0.25, 0.3) is 0 Å². The van der Waals surface area contributed by atoms with Crippen molar-refractivity contribution in [1.29, 1.82) is 0 Å². The molecule has 1 fully saturated rings. The Labute approximate surface area is 103 Å². The molecular weight excluding hydrogens is 214 g/mol. The molecule has 4 nitrogen and oxygen atoms in total. The molecule has 94 valence electrons. The number of nitrogens with zero attached hydrogens (tertiary/aromatic N) is 2. The summed E-state index contributed by atoms with van der Waals surface area (Å²) in [5, 5.41) is 3.38. The molecule has 1 N–H and O–H groups in total. The van der Waals surface area contributed by atoms with Gasteiger partial charge in [-0.2, -0.15) is 0 Å². The summed E-state index contributed by atoms with van der Waals surface area (Å²) in [5.41, 5.74) is 1.06. The number of rotatable bonds is 6. The SMILES string of the molecule is COc1ccc(NCCCN2CCCC2)cn1. The maximum atomic E-state index is 5.02. The number of hydrogen-bond acceptors (Lipinski definition) is 4. The Kier molecular flexibility index (Phi) is 4.62.